The van der Waals surface area contributed by atoms with Crippen LogP contribution < -0.4 is 5.73 Å². The van der Waals surface area contributed by atoms with E-state index in [0.717, 1.165) is 0 Å². The molecule has 6 heteroatoms. The predicted octanol–water partition coefficient (Wildman–Crippen LogP) is 0.511. The molecule has 0 aromatic carbocycles. The average molecular weight is 232 g/mol. The molecule has 0 saturated carbocycles. The van der Waals surface area contributed by atoms with Gasteiger partial charge in [0, 0.05) is 13.2 Å². The van der Waals surface area contributed by atoms with E-state index in [1.165, 1.54) is 5.06 Å². The zero-order valence-corrected chi connectivity index (χ0v) is 10.2. The molecule has 2 N–H and O–H groups in total. The normalized spacial score (nSPS) is 26.8. The fourth-order valence-corrected chi connectivity index (χ4v) is 1.46. The lowest BCUT2D eigenvalue weighted by Gasteiger charge is -2.21. The fourth-order valence-electron chi connectivity index (χ4n) is 1.46. The molecule has 0 aliphatic carbocycles. The third-order valence-corrected chi connectivity index (χ3v) is 2.17. The predicted molar refractivity (Wildman–Crippen MR) is 57.7 cm³/mol. The first kappa shape index (κ1) is 13.2. The monoisotopic (exact) mass is 232 g/mol. The van der Waals surface area contributed by atoms with Crippen molar-refractivity contribution in [1.82, 2.24) is 5.06 Å². The Kier molecular flexibility index (Phi) is 4.12. The molecule has 1 heterocycles. The number of methoxy groups -OCH3 is 1. The van der Waals surface area contributed by atoms with Crippen LogP contribution in [-0.2, 0) is 14.3 Å². The highest BCUT2D eigenvalue weighted by atomic mass is 16.8. The second-order valence-electron chi connectivity index (χ2n) is 4.84. The number of carbonyl (C=O) groups excluding carboxylic acids is 1. The molecule has 1 saturated heterocycles. The molecule has 16 heavy (non-hydrogen) atoms. The molecule has 0 spiro atoms. The van der Waals surface area contributed by atoms with Crippen molar-refractivity contribution in [2.24, 2.45) is 5.73 Å². The summed E-state index contributed by atoms with van der Waals surface area (Å²) in [6.07, 6.45) is -0.820. The molecular formula is C10H20N2O4. The quantitative estimate of drug-likeness (QED) is 0.699. The van der Waals surface area contributed by atoms with Crippen molar-refractivity contribution in [2.45, 2.75) is 38.5 Å². The first-order valence-corrected chi connectivity index (χ1v) is 5.26. The molecule has 1 aliphatic heterocycles. The van der Waals surface area contributed by atoms with E-state index in [4.69, 9.17) is 20.0 Å². The first-order valence-electron chi connectivity index (χ1n) is 5.26. The summed E-state index contributed by atoms with van der Waals surface area (Å²) in [7, 11) is 1.58. The van der Waals surface area contributed by atoms with Crippen molar-refractivity contribution in [1.29, 1.82) is 0 Å². The summed E-state index contributed by atoms with van der Waals surface area (Å²) in [5.74, 6) is 0. The van der Waals surface area contributed by atoms with E-state index < -0.39 is 11.8 Å². The molecule has 1 rings (SSSR count). The van der Waals surface area contributed by atoms with Gasteiger partial charge in [-0.1, -0.05) is 0 Å². The Morgan fingerprint density at radius 3 is 2.44 bits per heavy atom. The molecule has 0 aromatic heterocycles. The molecule has 0 radical (unpaired) electrons. The molecule has 0 aromatic rings. The smallest absolute Gasteiger partial charge is 0.427 e. The van der Waals surface area contributed by atoms with Crippen LogP contribution in [0.5, 0.6) is 0 Å². The minimum Gasteiger partial charge on any atom is -0.427 e. The van der Waals surface area contributed by atoms with E-state index in [-0.39, 0.29) is 12.1 Å². The van der Waals surface area contributed by atoms with Gasteiger partial charge in [0.1, 0.15) is 5.60 Å². The fraction of sp³-hybridized carbons (Fsp3) is 0.900. The summed E-state index contributed by atoms with van der Waals surface area (Å²) in [4.78, 5) is 16.4. The molecule has 6 nitrogen and oxygen atoms in total. The van der Waals surface area contributed by atoms with Crippen LogP contribution in [0.4, 0.5) is 4.79 Å². The minimum absolute atomic E-state index is 0.109. The number of nitrogens with two attached hydrogens (primary N) is 1. The Balaban J connectivity index is 2.36. The van der Waals surface area contributed by atoms with Gasteiger partial charge in [0.25, 0.3) is 0 Å². The van der Waals surface area contributed by atoms with Crippen LogP contribution in [0.25, 0.3) is 0 Å². The van der Waals surface area contributed by atoms with Crippen LogP contribution in [0.3, 0.4) is 0 Å². The summed E-state index contributed by atoms with van der Waals surface area (Å²) in [6.45, 7) is 6.26. The minimum atomic E-state index is -0.712. The van der Waals surface area contributed by atoms with Gasteiger partial charge in [0.2, 0.25) is 0 Å². The van der Waals surface area contributed by atoms with Crippen LogP contribution in [0, 0.1) is 0 Å². The molecule has 2 unspecified atom stereocenters. The lowest BCUT2D eigenvalue weighted by molar-refractivity contribution is -0.134. The van der Waals surface area contributed by atoms with Gasteiger partial charge in [-0.05, 0) is 20.8 Å². The second-order valence-corrected chi connectivity index (χ2v) is 4.84. The van der Waals surface area contributed by atoms with Crippen molar-refractivity contribution < 1.29 is 19.1 Å². The van der Waals surface area contributed by atoms with E-state index in [0.29, 0.717) is 13.1 Å². The largest absolute Gasteiger partial charge is 0.528 e. The number of hydrogen-bond acceptors (Lipinski definition) is 6. The zero-order valence-electron chi connectivity index (χ0n) is 10.2. The summed E-state index contributed by atoms with van der Waals surface area (Å²) in [6, 6.07) is -0.146. The summed E-state index contributed by atoms with van der Waals surface area (Å²) in [5, 5.41) is 1.47. The van der Waals surface area contributed by atoms with Gasteiger partial charge in [0.05, 0.1) is 19.2 Å². The second kappa shape index (κ2) is 4.99. The Bertz CT molecular complexity index is 252. The van der Waals surface area contributed by atoms with Crippen LogP contribution in [-0.4, -0.2) is 49.2 Å². The van der Waals surface area contributed by atoms with Gasteiger partial charge in [-0.2, -0.15) is 0 Å². The first-order chi connectivity index (χ1) is 7.31. The molecule has 2 atom stereocenters. The molecule has 1 aliphatic rings. The number of hydrogen-bond donors (Lipinski definition) is 1. The highest BCUT2D eigenvalue weighted by Gasteiger charge is 2.33. The Labute approximate surface area is 95.6 Å². The maximum absolute atomic E-state index is 11.3. The van der Waals surface area contributed by atoms with Crippen molar-refractivity contribution in [3.05, 3.63) is 0 Å². The summed E-state index contributed by atoms with van der Waals surface area (Å²) < 4.78 is 10.2. The lowest BCUT2D eigenvalue weighted by atomic mass is 10.2. The average Bonchev–Trinajstić information content (AvgIpc) is 2.42. The van der Waals surface area contributed by atoms with Crippen LogP contribution in [0.1, 0.15) is 20.8 Å². The highest BCUT2D eigenvalue weighted by Crippen LogP contribution is 2.14. The SMILES string of the molecule is COC1CN(OC(=O)OC(C)(C)C)CC1N. The Morgan fingerprint density at radius 2 is 2.00 bits per heavy atom. The lowest BCUT2D eigenvalue weighted by Crippen LogP contribution is -2.34. The highest BCUT2D eigenvalue weighted by molar-refractivity contribution is 5.60. The van der Waals surface area contributed by atoms with Gasteiger partial charge in [-0.25, -0.2) is 4.79 Å². The van der Waals surface area contributed by atoms with E-state index >= 15 is 0 Å². The molecule has 94 valence electrons. The van der Waals surface area contributed by atoms with Gasteiger partial charge < -0.3 is 20.0 Å². The third-order valence-electron chi connectivity index (χ3n) is 2.17. The van der Waals surface area contributed by atoms with Crippen molar-refractivity contribution in [3.63, 3.8) is 0 Å². The topological polar surface area (TPSA) is 74.0 Å². The van der Waals surface area contributed by atoms with Gasteiger partial charge in [-0.15, -0.1) is 5.06 Å². The van der Waals surface area contributed by atoms with Crippen LogP contribution >= 0.6 is 0 Å². The molecule has 1 fully saturated rings. The van der Waals surface area contributed by atoms with E-state index in [9.17, 15) is 4.79 Å². The molecule has 0 amide bonds. The standard InChI is InChI=1S/C10H20N2O4/c1-10(2,3)15-9(13)16-12-5-7(11)8(6-12)14-4/h7-8H,5-6,11H2,1-4H3. The van der Waals surface area contributed by atoms with E-state index in [1.54, 1.807) is 27.9 Å². The number of nitrogens with zero attached hydrogens (tertiary/aromatic N) is 1. The summed E-state index contributed by atoms with van der Waals surface area (Å²) >= 11 is 0. The van der Waals surface area contributed by atoms with Crippen LogP contribution in [0.2, 0.25) is 0 Å². The Hall–Kier alpha value is -0.850. The Morgan fingerprint density at radius 1 is 1.38 bits per heavy atom. The number of ether oxygens (including phenoxy) is 2. The third kappa shape index (κ3) is 3.96. The van der Waals surface area contributed by atoms with Crippen molar-refractivity contribution in [3.8, 4) is 0 Å². The maximum Gasteiger partial charge on any atom is 0.528 e. The molecule has 0 bridgehead atoms. The molecular weight excluding hydrogens is 212 g/mol. The number of carbonyl (C=O) groups is 1. The summed E-state index contributed by atoms with van der Waals surface area (Å²) in [5.41, 5.74) is 5.23. The van der Waals surface area contributed by atoms with Gasteiger partial charge >= 0.3 is 6.16 Å². The van der Waals surface area contributed by atoms with E-state index in [1.807, 2.05) is 0 Å². The van der Waals surface area contributed by atoms with Crippen LogP contribution in [0.15, 0.2) is 0 Å². The van der Waals surface area contributed by atoms with Gasteiger partial charge in [-0.3, -0.25) is 0 Å². The van der Waals surface area contributed by atoms with E-state index in [2.05, 4.69) is 0 Å². The maximum atomic E-state index is 11.3. The van der Waals surface area contributed by atoms with Gasteiger partial charge in [0.15, 0.2) is 0 Å². The van der Waals surface area contributed by atoms with Crippen molar-refractivity contribution in [2.75, 3.05) is 20.2 Å². The number of hydroxylamine groups is 2. The van der Waals surface area contributed by atoms with Crippen molar-refractivity contribution >= 4 is 6.16 Å². The number of rotatable bonds is 2. The zero-order chi connectivity index (χ0) is 12.3.